The number of piperazine rings is 1. The summed E-state index contributed by atoms with van der Waals surface area (Å²) in [5.74, 6) is 2.05. The molecule has 5 rings (SSSR count). The average Bonchev–Trinajstić information content (AvgIpc) is 3.24. The number of carbonyl (C=O) groups is 1. The Labute approximate surface area is 187 Å². The van der Waals surface area contributed by atoms with E-state index in [1.54, 1.807) is 0 Å². The van der Waals surface area contributed by atoms with E-state index in [4.69, 9.17) is 4.98 Å². The van der Waals surface area contributed by atoms with Gasteiger partial charge in [0.15, 0.2) is 5.65 Å². The van der Waals surface area contributed by atoms with Gasteiger partial charge < -0.3 is 9.80 Å². The molecule has 3 heterocycles. The first-order chi connectivity index (χ1) is 15.4. The molecule has 32 heavy (non-hydrogen) atoms. The third-order valence-electron chi connectivity index (χ3n) is 6.24. The number of hydrogen-bond donors (Lipinski definition) is 0. The summed E-state index contributed by atoms with van der Waals surface area (Å²) >= 11 is 0. The molecule has 7 heteroatoms. The molecule has 2 aromatic heterocycles. The Bertz CT molecular complexity index is 1290. The molecule has 0 saturated carbocycles. The highest BCUT2D eigenvalue weighted by molar-refractivity contribution is 5.95. The average molecular weight is 429 g/mol. The first kappa shape index (κ1) is 20.4. The van der Waals surface area contributed by atoms with E-state index in [1.165, 1.54) is 0 Å². The van der Waals surface area contributed by atoms with Crippen LogP contribution in [-0.4, -0.2) is 56.1 Å². The van der Waals surface area contributed by atoms with Gasteiger partial charge in [0.2, 0.25) is 5.95 Å². The SMILES string of the molecule is Cc1ccc(C(=O)N2CCN(c3nc4ccccc4c4nnc(C(C)C)n34)C[C@H]2C)cc1. The van der Waals surface area contributed by atoms with Crippen LogP contribution in [0.4, 0.5) is 5.95 Å². The highest BCUT2D eigenvalue weighted by atomic mass is 16.2. The molecule has 1 atom stereocenters. The quantitative estimate of drug-likeness (QED) is 0.492. The van der Waals surface area contributed by atoms with Crippen molar-refractivity contribution >= 4 is 28.4 Å². The zero-order chi connectivity index (χ0) is 22.4. The van der Waals surface area contributed by atoms with Crippen molar-refractivity contribution in [3.63, 3.8) is 0 Å². The molecule has 7 nitrogen and oxygen atoms in total. The second kappa shape index (κ2) is 7.89. The molecule has 1 saturated heterocycles. The molecule has 0 radical (unpaired) electrons. The van der Waals surface area contributed by atoms with E-state index < -0.39 is 0 Å². The van der Waals surface area contributed by atoms with Gasteiger partial charge in [-0.05, 0) is 38.1 Å². The second-order valence-corrected chi connectivity index (χ2v) is 8.96. The van der Waals surface area contributed by atoms with Crippen LogP contribution in [0.1, 0.15) is 48.4 Å². The van der Waals surface area contributed by atoms with E-state index in [-0.39, 0.29) is 17.9 Å². The van der Waals surface area contributed by atoms with Crippen molar-refractivity contribution in [3.8, 4) is 0 Å². The Kier molecular flexibility index (Phi) is 5.04. The number of rotatable bonds is 3. The van der Waals surface area contributed by atoms with E-state index >= 15 is 0 Å². The summed E-state index contributed by atoms with van der Waals surface area (Å²) in [6.07, 6.45) is 0. The predicted molar refractivity (Wildman–Crippen MR) is 126 cm³/mol. The lowest BCUT2D eigenvalue weighted by Crippen LogP contribution is -2.54. The van der Waals surface area contributed by atoms with Crippen LogP contribution < -0.4 is 4.90 Å². The third kappa shape index (κ3) is 3.38. The summed E-state index contributed by atoms with van der Waals surface area (Å²) in [6, 6.07) is 15.9. The smallest absolute Gasteiger partial charge is 0.254 e. The van der Waals surface area contributed by atoms with Crippen LogP contribution in [0.25, 0.3) is 16.6 Å². The van der Waals surface area contributed by atoms with Gasteiger partial charge >= 0.3 is 0 Å². The molecule has 0 N–H and O–H groups in total. The van der Waals surface area contributed by atoms with Gasteiger partial charge in [-0.2, -0.15) is 0 Å². The maximum atomic E-state index is 13.1. The van der Waals surface area contributed by atoms with Crippen molar-refractivity contribution in [1.29, 1.82) is 0 Å². The second-order valence-electron chi connectivity index (χ2n) is 8.96. The number of aryl methyl sites for hydroxylation is 1. The number of benzene rings is 2. The molecule has 1 amide bonds. The lowest BCUT2D eigenvalue weighted by molar-refractivity contribution is 0.0673. The van der Waals surface area contributed by atoms with Crippen molar-refractivity contribution in [3.05, 3.63) is 65.5 Å². The van der Waals surface area contributed by atoms with Gasteiger partial charge in [0.05, 0.1) is 5.52 Å². The Morgan fingerprint density at radius 1 is 1.03 bits per heavy atom. The normalized spacial score (nSPS) is 17.0. The monoisotopic (exact) mass is 428 g/mol. The molecule has 4 aromatic rings. The van der Waals surface area contributed by atoms with Crippen LogP contribution in [0.5, 0.6) is 0 Å². The third-order valence-corrected chi connectivity index (χ3v) is 6.24. The van der Waals surface area contributed by atoms with Crippen LogP contribution in [-0.2, 0) is 0 Å². The fourth-order valence-electron chi connectivity index (χ4n) is 4.47. The summed E-state index contributed by atoms with van der Waals surface area (Å²) in [7, 11) is 0. The number of hydrogen-bond acceptors (Lipinski definition) is 5. The zero-order valence-electron chi connectivity index (χ0n) is 19.0. The minimum absolute atomic E-state index is 0.0554. The molecule has 1 fully saturated rings. The van der Waals surface area contributed by atoms with Gasteiger partial charge in [-0.3, -0.25) is 4.79 Å². The van der Waals surface area contributed by atoms with E-state index in [9.17, 15) is 4.79 Å². The van der Waals surface area contributed by atoms with Crippen molar-refractivity contribution in [2.45, 2.75) is 39.7 Å². The fraction of sp³-hybridized carbons (Fsp3) is 0.360. The zero-order valence-corrected chi connectivity index (χ0v) is 19.0. The highest BCUT2D eigenvalue weighted by Gasteiger charge is 2.31. The molecular weight excluding hydrogens is 400 g/mol. The first-order valence-electron chi connectivity index (χ1n) is 11.2. The summed E-state index contributed by atoms with van der Waals surface area (Å²) < 4.78 is 2.09. The Morgan fingerprint density at radius 2 is 1.78 bits per heavy atom. The summed E-state index contributed by atoms with van der Waals surface area (Å²) in [5.41, 5.74) is 3.63. The molecule has 1 aliphatic rings. The highest BCUT2D eigenvalue weighted by Crippen LogP contribution is 2.28. The van der Waals surface area contributed by atoms with Gasteiger partial charge in [-0.25, -0.2) is 9.38 Å². The van der Waals surface area contributed by atoms with Crippen molar-refractivity contribution in [2.75, 3.05) is 24.5 Å². The van der Waals surface area contributed by atoms with Crippen LogP contribution in [0.2, 0.25) is 0 Å². The molecule has 0 unspecified atom stereocenters. The number of aromatic nitrogens is 4. The van der Waals surface area contributed by atoms with Crippen molar-refractivity contribution < 1.29 is 4.79 Å². The fourth-order valence-corrected chi connectivity index (χ4v) is 4.47. The molecule has 0 spiro atoms. The number of fused-ring (bicyclic) bond motifs is 3. The molecular formula is C25H28N6O. The predicted octanol–water partition coefficient (Wildman–Crippen LogP) is 4.06. The lowest BCUT2D eigenvalue weighted by atomic mass is 10.1. The number of amides is 1. The molecule has 0 bridgehead atoms. The van der Waals surface area contributed by atoms with Gasteiger partial charge in [0, 0.05) is 42.5 Å². The lowest BCUT2D eigenvalue weighted by Gasteiger charge is -2.40. The van der Waals surface area contributed by atoms with E-state index in [1.807, 2.05) is 60.4 Å². The molecule has 2 aromatic carbocycles. The molecule has 1 aliphatic heterocycles. The van der Waals surface area contributed by atoms with Gasteiger partial charge in [0.25, 0.3) is 5.91 Å². The minimum atomic E-state index is 0.0554. The number of para-hydroxylation sites is 1. The number of nitrogens with zero attached hydrogens (tertiary/aromatic N) is 6. The molecule has 0 aliphatic carbocycles. The summed E-state index contributed by atoms with van der Waals surface area (Å²) in [5, 5.41) is 10.0. The van der Waals surface area contributed by atoms with Gasteiger partial charge in [0.1, 0.15) is 5.82 Å². The van der Waals surface area contributed by atoms with Gasteiger partial charge in [-0.15, -0.1) is 10.2 Å². The maximum absolute atomic E-state index is 13.1. The maximum Gasteiger partial charge on any atom is 0.254 e. The van der Waals surface area contributed by atoms with Crippen molar-refractivity contribution in [2.24, 2.45) is 0 Å². The first-order valence-corrected chi connectivity index (χ1v) is 11.2. The Balaban J connectivity index is 1.50. The van der Waals surface area contributed by atoms with Crippen LogP contribution in [0.15, 0.2) is 48.5 Å². The minimum Gasteiger partial charge on any atom is -0.338 e. The van der Waals surface area contributed by atoms with Gasteiger partial charge in [-0.1, -0.05) is 43.7 Å². The van der Waals surface area contributed by atoms with E-state index in [0.717, 1.165) is 39.4 Å². The largest absolute Gasteiger partial charge is 0.338 e. The van der Waals surface area contributed by atoms with E-state index in [2.05, 4.69) is 40.3 Å². The Hall–Kier alpha value is -3.48. The van der Waals surface area contributed by atoms with Crippen molar-refractivity contribution in [1.82, 2.24) is 24.5 Å². The standard InChI is InChI=1S/C25H28N6O/c1-16(2)22-27-28-23-20-7-5-6-8-21(20)26-25(31(22)23)29-13-14-30(18(4)15-29)24(32)19-11-9-17(3)10-12-19/h5-12,16,18H,13-15H2,1-4H3/t18-/m1/s1. The number of carbonyl (C=O) groups excluding carboxylic acids is 1. The summed E-state index contributed by atoms with van der Waals surface area (Å²) in [4.78, 5) is 22.4. The van der Waals surface area contributed by atoms with Crippen LogP contribution in [0.3, 0.4) is 0 Å². The summed E-state index contributed by atoms with van der Waals surface area (Å²) in [6.45, 7) is 10.4. The van der Waals surface area contributed by atoms with E-state index in [0.29, 0.717) is 19.6 Å². The molecule has 164 valence electrons. The van der Waals surface area contributed by atoms with Crippen LogP contribution in [0, 0.1) is 6.92 Å². The van der Waals surface area contributed by atoms with Crippen LogP contribution >= 0.6 is 0 Å². The topological polar surface area (TPSA) is 66.6 Å². The number of anilines is 1. The Morgan fingerprint density at radius 3 is 2.50 bits per heavy atom.